The molecule has 0 spiro atoms. The molecular formula is C15H20FNO4. The molecule has 0 saturated heterocycles. The van der Waals surface area contributed by atoms with E-state index >= 15 is 0 Å². The molecule has 21 heavy (non-hydrogen) atoms. The van der Waals surface area contributed by atoms with Gasteiger partial charge in [0.05, 0.1) is 13.2 Å². The Morgan fingerprint density at radius 1 is 1.33 bits per heavy atom. The van der Waals surface area contributed by atoms with Gasteiger partial charge in [-0.2, -0.15) is 0 Å². The number of ether oxygens (including phenoxy) is 1. The van der Waals surface area contributed by atoms with Gasteiger partial charge in [-0.05, 0) is 38.6 Å². The van der Waals surface area contributed by atoms with E-state index < -0.39 is 23.2 Å². The monoisotopic (exact) mass is 297 g/mol. The van der Waals surface area contributed by atoms with E-state index in [9.17, 15) is 14.0 Å². The van der Waals surface area contributed by atoms with Crippen molar-refractivity contribution >= 4 is 11.9 Å². The molecule has 0 fully saturated rings. The van der Waals surface area contributed by atoms with Crippen LogP contribution in [0.3, 0.4) is 0 Å². The molecule has 5 nitrogen and oxygen atoms in total. The molecule has 1 aromatic rings. The van der Waals surface area contributed by atoms with Crippen LogP contribution in [-0.2, 0) is 19.7 Å². The van der Waals surface area contributed by atoms with Crippen LogP contribution in [0, 0.1) is 5.82 Å². The zero-order valence-corrected chi connectivity index (χ0v) is 12.4. The smallest absolute Gasteiger partial charge is 0.317 e. The number of benzene rings is 1. The lowest BCUT2D eigenvalue weighted by molar-refractivity contribution is -0.151. The van der Waals surface area contributed by atoms with Gasteiger partial charge in [0.2, 0.25) is 0 Å². The molecule has 116 valence electrons. The van der Waals surface area contributed by atoms with Crippen LogP contribution in [-0.4, -0.2) is 48.7 Å². The Hall–Kier alpha value is -1.95. The maximum Gasteiger partial charge on any atom is 0.317 e. The number of carboxylic acid groups (broad SMARTS) is 1. The molecule has 1 unspecified atom stereocenters. The first-order valence-electron chi connectivity index (χ1n) is 6.63. The number of likely N-dealkylation sites (N-methyl/N-ethyl adjacent to an activating group) is 1. The maximum atomic E-state index is 13.1. The number of esters is 1. The fourth-order valence-corrected chi connectivity index (χ4v) is 2.21. The largest absolute Gasteiger partial charge is 0.480 e. The van der Waals surface area contributed by atoms with Crippen LogP contribution in [0.25, 0.3) is 0 Å². The highest BCUT2D eigenvalue weighted by Crippen LogP contribution is 2.27. The van der Waals surface area contributed by atoms with Crippen LogP contribution in [0.4, 0.5) is 4.39 Å². The van der Waals surface area contributed by atoms with Crippen molar-refractivity contribution in [3.63, 3.8) is 0 Å². The van der Waals surface area contributed by atoms with Crippen molar-refractivity contribution in [3.05, 3.63) is 35.6 Å². The topological polar surface area (TPSA) is 66.8 Å². The second-order valence-corrected chi connectivity index (χ2v) is 5.13. The fourth-order valence-electron chi connectivity index (χ4n) is 2.21. The third-order valence-corrected chi connectivity index (χ3v) is 3.20. The van der Waals surface area contributed by atoms with Crippen LogP contribution in [0.5, 0.6) is 0 Å². The number of carbonyl (C=O) groups excluding carboxylic acids is 1. The van der Waals surface area contributed by atoms with E-state index in [1.54, 1.807) is 20.9 Å². The summed E-state index contributed by atoms with van der Waals surface area (Å²) in [6.07, 6.45) is 0. The van der Waals surface area contributed by atoms with Gasteiger partial charge in [0.15, 0.2) is 0 Å². The summed E-state index contributed by atoms with van der Waals surface area (Å²) in [4.78, 5) is 24.6. The van der Waals surface area contributed by atoms with Crippen molar-refractivity contribution in [1.29, 1.82) is 0 Å². The summed E-state index contributed by atoms with van der Waals surface area (Å²) < 4.78 is 18.1. The predicted molar refractivity (Wildman–Crippen MR) is 75.5 cm³/mol. The first-order chi connectivity index (χ1) is 9.79. The van der Waals surface area contributed by atoms with E-state index in [2.05, 4.69) is 0 Å². The van der Waals surface area contributed by atoms with Crippen molar-refractivity contribution in [1.82, 2.24) is 4.90 Å². The van der Waals surface area contributed by atoms with E-state index in [0.717, 1.165) is 0 Å². The van der Waals surface area contributed by atoms with Gasteiger partial charge >= 0.3 is 11.9 Å². The Morgan fingerprint density at radius 2 is 1.90 bits per heavy atom. The van der Waals surface area contributed by atoms with Crippen LogP contribution < -0.4 is 0 Å². The number of carbonyl (C=O) groups is 2. The Bertz CT molecular complexity index is 503. The average Bonchev–Trinajstić information content (AvgIpc) is 2.38. The lowest BCUT2D eigenvalue weighted by Gasteiger charge is -2.31. The fraction of sp³-hybridized carbons (Fsp3) is 0.467. The lowest BCUT2D eigenvalue weighted by atomic mass is 9.82. The molecule has 0 saturated carbocycles. The molecular weight excluding hydrogens is 277 g/mol. The second-order valence-electron chi connectivity index (χ2n) is 5.13. The van der Waals surface area contributed by atoms with E-state index in [0.29, 0.717) is 5.56 Å². The molecule has 6 heteroatoms. The summed E-state index contributed by atoms with van der Waals surface area (Å²) in [5.74, 6) is -1.85. The van der Waals surface area contributed by atoms with Gasteiger partial charge in [-0.3, -0.25) is 14.5 Å². The Kier molecular flexibility index (Phi) is 5.84. The zero-order valence-electron chi connectivity index (χ0n) is 12.4. The van der Waals surface area contributed by atoms with Crippen molar-refractivity contribution in [2.45, 2.75) is 19.3 Å². The highest BCUT2D eigenvalue weighted by Gasteiger charge is 2.38. The number of rotatable bonds is 7. The van der Waals surface area contributed by atoms with Gasteiger partial charge in [-0.1, -0.05) is 12.1 Å². The first kappa shape index (κ1) is 17.1. The second kappa shape index (κ2) is 7.17. The minimum Gasteiger partial charge on any atom is -0.480 e. The van der Waals surface area contributed by atoms with E-state index in [1.807, 2.05) is 0 Å². The number of nitrogens with zero attached hydrogens (tertiary/aromatic N) is 1. The van der Waals surface area contributed by atoms with Crippen LogP contribution in [0.2, 0.25) is 0 Å². The predicted octanol–water partition coefficient (Wildman–Crippen LogP) is 1.66. The number of carboxylic acids is 1. The minimum atomic E-state index is -1.06. The van der Waals surface area contributed by atoms with Gasteiger partial charge < -0.3 is 9.84 Å². The molecule has 0 aliphatic heterocycles. The molecule has 1 rings (SSSR count). The summed E-state index contributed by atoms with van der Waals surface area (Å²) in [5.41, 5.74) is -0.479. The molecule has 0 heterocycles. The van der Waals surface area contributed by atoms with Crippen LogP contribution >= 0.6 is 0 Å². The van der Waals surface area contributed by atoms with Crippen LogP contribution in [0.1, 0.15) is 19.4 Å². The van der Waals surface area contributed by atoms with Crippen LogP contribution in [0.15, 0.2) is 24.3 Å². The number of aliphatic carboxylic acids is 1. The zero-order chi connectivity index (χ0) is 16.0. The molecule has 0 aromatic heterocycles. The van der Waals surface area contributed by atoms with Gasteiger partial charge in [0.25, 0.3) is 0 Å². The standard InChI is InChI=1S/C15H20FNO4/c1-4-21-14(20)15(2,10-17(3)9-13(18)19)11-5-7-12(16)8-6-11/h5-8H,4,9-10H2,1-3H3,(H,18,19). The van der Waals surface area contributed by atoms with E-state index in [4.69, 9.17) is 9.84 Å². The molecule has 0 aliphatic rings. The highest BCUT2D eigenvalue weighted by molar-refractivity contribution is 5.83. The van der Waals surface area contributed by atoms with E-state index in [-0.39, 0.29) is 19.7 Å². The lowest BCUT2D eigenvalue weighted by Crippen LogP contribution is -2.45. The first-order valence-corrected chi connectivity index (χ1v) is 6.63. The summed E-state index contributed by atoms with van der Waals surface area (Å²) in [5, 5.41) is 8.82. The Morgan fingerprint density at radius 3 is 2.38 bits per heavy atom. The van der Waals surface area contributed by atoms with Crippen molar-refractivity contribution in [3.8, 4) is 0 Å². The van der Waals surface area contributed by atoms with Gasteiger partial charge in [0.1, 0.15) is 11.2 Å². The molecule has 1 aromatic carbocycles. The van der Waals surface area contributed by atoms with Crippen molar-refractivity contribution < 1.29 is 23.8 Å². The molecule has 0 aliphatic carbocycles. The summed E-state index contributed by atoms with van der Waals surface area (Å²) >= 11 is 0. The number of halogens is 1. The molecule has 1 N–H and O–H groups in total. The Labute approximate surface area is 123 Å². The maximum absolute atomic E-state index is 13.1. The number of hydrogen-bond acceptors (Lipinski definition) is 4. The normalized spacial score (nSPS) is 13.8. The van der Waals surface area contributed by atoms with Gasteiger partial charge in [-0.25, -0.2) is 4.39 Å². The third kappa shape index (κ3) is 4.53. The van der Waals surface area contributed by atoms with Gasteiger partial charge in [-0.15, -0.1) is 0 Å². The average molecular weight is 297 g/mol. The number of hydrogen-bond donors (Lipinski definition) is 1. The highest BCUT2D eigenvalue weighted by atomic mass is 19.1. The minimum absolute atomic E-state index is 0.157. The van der Waals surface area contributed by atoms with Crippen molar-refractivity contribution in [2.75, 3.05) is 26.7 Å². The summed E-state index contributed by atoms with van der Waals surface area (Å²) in [6.45, 7) is 3.54. The molecule has 1 atom stereocenters. The van der Waals surface area contributed by atoms with Gasteiger partial charge in [0, 0.05) is 6.54 Å². The third-order valence-electron chi connectivity index (χ3n) is 3.20. The Balaban J connectivity index is 3.07. The SMILES string of the molecule is CCOC(=O)C(C)(CN(C)CC(=O)O)c1ccc(F)cc1. The molecule has 0 amide bonds. The molecule has 0 bridgehead atoms. The van der Waals surface area contributed by atoms with E-state index in [1.165, 1.54) is 29.2 Å². The van der Waals surface area contributed by atoms with Crippen molar-refractivity contribution in [2.24, 2.45) is 0 Å². The summed E-state index contributed by atoms with van der Waals surface area (Å²) in [6, 6.07) is 5.57. The summed E-state index contributed by atoms with van der Waals surface area (Å²) in [7, 11) is 1.61. The quantitative estimate of drug-likeness (QED) is 0.775. The molecule has 0 radical (unpaired) electrons.